The molecule has 0 aromatic carbocycles. The highest BCUT2D eigenvalue weighted by atomic mass is 16.5. The minimum Gasteiger partial charge on any atom is -0.374 e. The van der Waals surface area contributed by atoms with Crippen LogP contribution in [0.3, 0.4) is 0 Å². The second-order valence-corrected chi connectivity index (χ2v) is 2.52. The quantitative estimate of drug-likeness (QED) is 0.465. The first kappa shape index (κ1) is 5.23. The van der Waals surface area contributed by atoms with Crippen molar-refractivity contribution in [2.45, 2.75) is 18.6 Å². The summed E-state index contributed by atoms with van der Waals surface area (Å²) in [6, 6.07) is 0.566. The number of hydrogen-bond donors (Lipinski definition) is 0. The second-order valence-electron chi connectivity index (χ2n) is 2.52. The topological polar surface area (TPSA) is 24.8 Å². The minimum atomic E-state index is 0.476. The van der Waals surface area contributed by atoms with Crippen molar-refractivity contribution in [3.05, 3.63) is 0 Å². The molecule has 0 radical (unpaired) electrons. The Morgan fingerprint density at radius 3 is 3.22 bits per heavy atom. The van der Waals surface area contributed by atoms with Crippen molar-refractivity contribution >= 4 is 6.72 Å². The molecule has 1 saturated carbocycles. The van der Waals surface area contributed by atoms with Crippen LogP contribution in [-0.2, 0) is 4.74 Å². The van der Waals surface area contributed by atoms with E-state index in [0.717, 1.165) is 19.6 Å². The van der Waals surface area contributed by atoms with E-state index in [9.17, 15) is 0 Å². The Balaban J connectivity index is 2.00. The number of fused-ring (bicyclic) bond motifs is 1. The zero-order chi connectivity index (χ0) is 6.27. The van der Waals surface area contributed by atoms with E-state index in [4.69, 9.17) is 4.74 Å². The molecular formula is C6H10N2O. The minimum absolute atomic E-state index is 0.476. The van der Waals surface area contributed by atoms with Gasteiger partial charge in [0.05, 0.1) is 25.3 Å². The molecule has 1 saturated heterocycles. The van der Waals surface area contributed by atoms with Gasteiger partial charge in [0.15, 0.2) is 0 Å². The molecule has 50 valence electrons. The summed E-state index contributed by atoms with van der Waals surface area (Å²) in [5.41, 5.74) is 0. The molecule has 1 heterocycles. The first-order valence-corrected chi connectivity index (χ1v) is 3.26. The summed E-state index contributed by atoms with van der Waals surface area (Å²) in [7, 11) is 0. The van der Waals surface area contributed by atoms with Gasteiger partial charge < -0.3 is 4.74 Å². The molecule has 3 heteroatoms. The SMILES string of the molecule is C=NN1CCOC2CC21. The lowest BCUT2D eigenvalue weighted by Crippen LogP contribution is -2.32. The summed E-state index contributed by atoms with van der Waals surface area (Å²) in [6.45, 7) is 5.22. The molecule has 0 aromatic heterocycles. The smallest absolute Gasteiger partial charge is 0.0818 e. The molecule has 0 aromatic rings. The van der Waals surface area contributed by atoms with Crippen molar-refractivity contribution in [1.82, 2.24) is 5.01 Å². The average Bonchev–Trinajstić information content (AvgIpc) is 2.64. The number of nitrogens with zero attached hydrogens (tertiary/aromatic N) is 2. The van der Waals surface area contributed by atoms with Crippen molar-refractivity contribution in [3.8, 4) is 0 Å². The molecule has 9 heavy (non-hydrogen) atoms. The van der Waals surface area contributed by atoms with Crippen LogP contribution < -0.4 is 0 Å². The van der Waals surface area contributed by atoms with E-state index < -0.39 is 0 Å². The first-order chi connectivity index (χ1) is 4.42. The van der Waals surface area contributed by atoms with Crippen molar-refractivity contribution < 1.29 is 4.74 Å². The van der Waals surface area contributed by atoms with Crippen molar-refractivity contribution in [2.75, 3.05) is 13.2 Å². The zero-order valence-electron chi connectivity index (χ0n) is 5.29. The van der Waals surface area contributed by atoms with Gasteiger partial charge in [0.2, 0.25) is 0 Å². The summed E-state index contributed by atoms with van der Waals surface area (Å²) < 4.78 is 5.35. The predicted octanol–water partition coefficient (Wildman–Crippen LogP) is 0.0751. The van der Waals surface area contributed by atoms with Crippen LogP contribution in [-0.4, -0.2) is 37.0 Å². The van der Waals surface area contributed by atoms with E-state index in [1.165, 1.54) is 0 Å². The fourth-order valence-electron chi connectivity index (χ4n) is 1.29. The summed E-state index contributed by atoms with van der Waals surface area (Å²) in [4.78, 5) is 0. The second kappa shape index (κ2) is 1.70. The van der Waals surface area contributed by atoms with Gasteiger partial charge in [-0.3, -0.25) is 5.01 Å². The highest BCUT2D eigenvalue weighted by Gasteiger charge is 2.45. The van der Waals surface area contributed by atoms with E-state index in [2.05, 4.69) is 11.8 Å². The third-order valence-corrected chi connectivity index (χ3v) is 1.92. The van der Waals surface area contributed by atoms with Gasteiger partial charge in [0, 0.05) is 13.1 Å². The summed E-state index contributed by atoms with van der Waals surface area (Å²) in [6.07, 6.45) is 1.63. The molecule has 0 spiro atoms. The Bertz CT molecular complexity index is 137. The van der Waals surface area contributed by atoms with Gasteiger partial charge in [-0.25, -0.2) is 0 Å². The van der Waals surface area contributed by atoms with Gasteiger partial charge in [-0.1, -0.05) is 0 Å². The predicted molar refractivity (Wildman–Crippen MR) is 34.4 cm³/mol. The highest BCUT2D eigenvalue weighted by Crippen LogP contribution is 2.34. The van der Waals surface area contributed by atoms with Crippen LogP contribution >= 0.6 is 0 Å². The molecule has 1 aliphatic heterocycles. The summed E-state index contributed by atoms with van der Waals surface area (Å²) >= 11 is 0. The zero-order valence-corrected chi connectivity index (χ0v) is 5.29. The largest absolute Gasteiger partial charge is 0.374 e. The maximum Gasteiger partial charge on any atom is 0.0818 e. The van der Waals surface area contributed by atoms with Crippen LogP contribution in [0.25, 0.3) is 0 Å². The number of morpholine rings is 1. The van der Waals surface area contributed by atoms with Crippen molar-refractivity contribution in [2.24, 2.45) is 5.10 Å². The lowest BCUT2D eigenvalue weighted by molar-refractivity contribution is 0.0330. The van der Waals surface area contributed by atoms with Crippen molar-refractivity contribution in [1.29, 1.82) is 0 Å². The van der Waals surface area contributed by atoms with Crippen LogP contribution in [0.4, 0.5) is 0 Å². The Hall–Kier alpha value is -0.570. The van der Waals surface area contributed by atoms with Crippen LogP contribution in [0.15, 0.2) is 5.10 Å². The molecule has 2 fully saturated rings. The fraction of sp³-hybridized carbons (Fsp3) is 0.833. The Kier molecular flexibility index (Phi) is 0.990. The number of hydrazone groups is 1. The third kappa shape index (κ3) is 0.721. The lowest BCUT2D eigenvalue weighted by Gasteiger charge is -2.22. The third-order valence-electron chi connectivity index (χ3n) is 1.92. The van der Waals surface area contributed by atoms with E-state index in [1.54, 1.807) is 0 Å². The van der Waals surface area contributed by atoms with Crippen LogP contribution in [0, 0.1) is 0 Å². The number of ether oxygens (including phenoxy) is 1. The van der Waals surface area contributed by atoms with Gasteiger partial charge in [-0.15, -0.1) is 0 Å². The normalized spacial score (nSPS) is 39.8. The van der Waals surface area contributed by atoms with Gasteiger partial charge in [-0.2, -0.15) is 5.10 Å². The molecule has 2 unspecified atom stereocenters. The molecule has 2 aliphatic rings. The van der Waals surface area contributed by atoms with Crippen LogP contribution in [0.2, 0.25) is 0 Å². The Labute approximate surface area is 54.3 Å². The fourth-order valence-corrected chi connectivity index (χ4v) is 1.29. The Morgan fingerprint density at radius 2 is 2.56 bits per heavy atom. The van der Waals surface area contributed by atoms with Gasteiger partial charge in [0.25, 0.3) is 0 Å². The molecule has 3 nitrogen and oxygen atoms in total. The number of hydrogen-bond acceptors (Lipinski definition) is 3. The van der Waals surface area contributed by atoms with Gasteiger partial charge in [-0.05, 0) is 0 Å². The lowest BCUT2D eigenvalue weighted by atomic mass is 10.5. The standard InChI is InChI=1S/C6H10N2O/c1-7-8-2-3-9-6-4-5(6)8/h5-6H,1-4H2. The van der Waals surface area contributed by atoms with Crippen LogP contribution in [0.1, 0.15) is 6.42 Å². The number of rotatable bonds is 1. The molecule has 2 rings (SSSR count). The average molecular weight is 126 g/mol. The maximum atomic E-state index is 5.35. The highest BCUT2D eigenvalue weighted by molar-refractivity contribution is 5.23. The molecular weight excluding hydrogens is 116 g/mol. The van der Waals surface area contributed by atoms with E-state index >= 15 is 0 Å². The molecule has 0 amide bonds. The molecule has 0 bridgehead atoms. The monoisotopic (exact) mass is 126 g/mol. The van der Waals surface area contributed by atoms with E-state index in [0.29, 0.717) is 12.1 Å². The van der Waals surface area contributed by atoms with Crippen LogP contribution in [0.5, 0.6) is 0 Å². The van der Waals surface area contributed by atoms with E-state index in [-0.39, 0.29) is 0 Å². The summed E-state index contributed by atoms with van der Waals surface area (Å²) in [5, 5.41) is 5.90. The van der Waals surface area contributed by atoms with E-state index in [1.807, 2.05) is 5.01 Å². The molecule has 0 N–H and O–H groups in total. The first-order valence-electron chi connectivity index (χ1n) is 3.26. The Morgan fingerprint density at radius 1 is 1.67 bits per heavy atom. The summed E-state index contributed by atoms with van der Waals surface area (Å²) in [5.74, 6) is 0. The molecule has 2 atom stereocenters. The van der Waals surface area contributed by atoms with Gasteiger partial charge >= 0.3 is 0 Å². The maximum absolute atomic E-state index is 5.35. The molecule has 1 aliphatic carbocycles. The van der Waals surface area contributed by atoms with Crippen molar-refractivity contribution in [3.63, 3.8) is 0 Å². The van der Waals surface area contributed by atoms with Gasteiger partial charge in [0.1, 0.15) is 0 Å².